The molecule has 2 aliphatic rings. The molecule has 0 saturated carbocycles. The van der Waals surface area contributed by atoms with Crippen LogP contribution < -0.4 is 14.4 Å². The molecule has 6 nitrogen and oxygen atoms in total. The monoisotopic (exact) mass is 372 g/mol. The van der Waals surface area contributed by atoms with Gasteiger partial charge in [0.25, 0.3) is 0 Å². The van der Waals surface area contributed by atoms with Crippen LogP contribution in [0.3, 0.4) is 0 Å². The maximum absolute atomic E-state index is 13.1. The molecule has 1 unspecified atom stereocenters. The lowest BCUT2D eigenvalue weighted by atomic mass is 10.0. The lowest BCUT2D eigenvalue weighted by molar-refractivity contribution is 0.179. The SMILES string of the molecule is CCOc1cccc(O[C@H]2C[C@H]3C(C)N(c4ncc(F)cn4)CCN3C2)c1. The zero-order valence-electron chi connectivity index (χ0n) is 15.7. The number of anilines is 1. The van der Waals surface area contributed by atoms with Crippen LogP contribution in [0.4, 0.5) is 10.3 Å². The molecular formula is C20H25FN4O2. The zero-order chi connectivity index (χ0) is 18.8. The number of nitrogens with zero attached hydrogens (tertiary/aromatic N) is 4. The number of ether oxygens (including phenoxy) is 2. The lowest BCUT2D eigenvalue weighted by Gasteiger charge is -2.42. The number of hydrogen-bond donors (Lipinski definition) is 0. The van der Waals surface area contributed by atoms with E-state index in [1.54, 1.807) is 0 Å². The zero-order valence-corrected chi connectivity index (χ0v) is 15.7. The number of halogens is 1. The number of hydrogen-bond acceptors (Lipinski definition) is 6. The van der Waals surface area contributed by atoms with E-state index < -0.39 is 5.82 Å². The molecule has 0 N–H and O–H groups in total. The van der Waals surface area contributed by atoms with Gasteiger partial charge in [0.15, 0.2) is 5.82 Å². The number of rotatable bonds is 5. The fraction of sp³-hybridized carbons (Fsp3) is 0.500. The Labute approximate surface area is 158 Å². The predicted octanol–water partition coefficient (Wildman–Crippen LogP) is 2.74. The third kappa shape index (κ3) is 3.83. The van der Waals surface area contributed by atoms with Crippen molar-refractivity contribution in [2.75, 3.05) is 31.1 Å². The van der Waals surface area contributed by atoms with Crippen molar-refractivity contribution in [3.63, 3.8) is 0 Å². The van der Waals surface area contributed by atoms with Crippen LogP contribution in [0, 0.1) is 5.82 Å². The summed E-state index contributed by atoms with van der Waals surface area (Å²) in [5.74, 6) is 1.86. The normalized spacial score (nSPS) is 25.3. The summed E-state index contributed by atoms with van der Waals surface area (Å²) in [6, 6.07) is 8.43. The van der Waals surface area contributed by atoms with Gasteiger partial charge >= 0.3 is 0 Å². The van der Waals surface area contributed by atoms with Gasteiger partial charge in [-0.1, -0.05) is 6.07 Å². The summed E-state index contributed by atoms with van der Waals surface area (Å²) in [7, 11) is 0. The molecule has 3 atom stereocenters. The second kappa shape index (κ2) is 7.68. The molecule has 2 aliphatic heterocycles. The Hall–Kier alpha value is -2.41. The van der Waals surface area contributed by atoms with Gasteiger partial charge in [-0.15, -0.1) is 0 Å². The molecule has 7 heteroatoms. The van der Waals surface area contributed by atoms with Crippen LogP contribution in [-0.2, 0) is 0 Å². The Morgan fingerprint density at radius 2 is 1.96 bits per heavy atom. The largest absolute Gasteiger partial charge is 0.494 e. The maximum Gasteiger partial charge on any atom is 0.225 e. The smallest absolute Gasteiger partial charge is 0.225 e. The second-order valence-electron chi connectivity index (χ2n) is 7.08. The summed E-state index contributed by atoms with van der Waals surface area (Å²) in [5, 5.41) is 0. The summed E-state index contributed by atoms with van der Waals surface area (Å²) < 4.78 is 24.9. The summed E-state index contributed by atoms with van der Waals surface area (Å²) in [5.41, 5.74) is 0. The van der Waals surface area contributed by atoms with Crippen LogP contribution in [0.2, 0.25) is 0 Å². The molecule has 1 aromatic carbocycles. The van der Waals surface area contributed by atoms with Crippen molar-refractivity contribution in [2.45, 2.75) is 38.5 Å². The van der Waals surface area contributed by atoms with Gasteiger partial charge in [-0.2, -0.15) is 0 Å². The standard InChI is InChI=1S/C20H25FN4O2/c1-3-26-16-5-4-6-17(9-16)27-18-10-19-14(2)25(8-7-24(19)13-18)20-22-11-15(21)12-23-20/h4-6,9,11-12,14,18-19H,3,7-8,10,13H2,1-2H3/t14?,18-,19-/m0/s1. The number of piperazine rings is 1. The van der Waals surface area contributed by atoms with E-state index in [0.717, 1.165) is 37.6 Å². The number of fused-ring (bicyclic) bond motifs is 1. The van der Waals surface area contributed by atoms with Crippen molar-refractivity contribution in [2.24, 2.45) is 0 Å². The molecule has 27 heavy (non-hydrogen) atoms. The molecule has 1 aromatic heterocycles. The molecule has 0 bridgehead atoms. The molecule has 3 heterocycles. The van der Waals surface area contributed by atoms with Crippen molar-refractivity contribution >= 4 is 5.95 Å². The highest BCUT2D eigenvalue weighted by Crippen LogP contribution is 2.31. The molecule has 2 aromatic rings. The van der Waals surface area contributed by atoms with Gasteiger partial charge in [-0.3, -0.25) is 4.90 Å². The first kappa shape index (κ1) is 18.0. The first-order valence-corrected chi connectivity index (χ1v) is 9.52. The highest BCUT2D eigenvalue weighted by molar-refractivity contribution is 5.34. The molecular weight excluding hydrogens is 347 g/mol. The van der Waals surface area contributed by atoms with Crippen molar-refractivity contribution in [1.29, 1.82) is 0 Å². The molecule has 0 radical (unpaired) electrons. The van der Waals surface area contributed by atoms with Crippen molar-refractivity contribution in [1.82, 2.24) is 14.9 Å². The van der Waals surface area contributed by atoms with Crippen LogP contribution in [0.1, 0.15) is 20.3 Å². The minimum Gasteiger partial charge on any atom is -0.494 e. The topological polar surface area (TPSA) is 50.7 Å². The Morgan fingerprint density at radius 3 is 2.74 bits per heavy atom. The van der Waals surface area contributed by atoms with E-state index >= 15 is 0 Å². The molecule has 0 amide bonds. The van der Waals surface area contributed by atoms with Crippen LogP contribution in [0.5, 0.6) is 11.5 Å². The highest BCUT2D eigenvalue weighted by atomic mass is 19.1. The average molecular weight is 372 g/mol. The van der Waals surface area contributed by atoms with Crippen LogP contribution in [-0.4, -0.2) is 59.3 Å². The predicted molar refractivity (Wildman–Crippen MR) is 101 cm³/mol. The third-order valence-corrected chi connectivity index (χ3v) is 5.37. The summed E-state index contributed by atoms with van der Waals surface area (Å²) >= 11 is 0. The van der Waals surface area contributed by atoms with Gasteiger partial charge in [0.1, 0.15) is 17.6 Å². The van der Waals surface area contributed by atoms with Crippen LogP contribution in [0.15, 0.2) is 36.7 Å². The van der Waals surface area contributed by atoms with E-state index in [0.29, 0.717) is 18.6 Å². The van der Waals surface area contributed by atoms with E-state index in [4.69, 9.17) is 9.47 Å². The van der Waals surface area contributed by atoms with E-state index in [2.05, 4.69) is 26.7 Å². The Bertz CT molecular complexity index is 773. The van der Waals surface area contributed by atoms with Crippen molar-refractivity contribution in [3.8, 4) is 11.5 Å². The fourth-order valence-electron chi connectivity index (χ4n) is 4.11. The Balaban J connectivity index is 1.42. The van der Waals surface area contributed by atoms with Crippen molar-refractivity contribution < 1.29 is 13.9 Å². The van der Waals surface area contributed by atoms with Gasteiger partial charge in [-0.05, 0) is 26.0 Å². The van der Waals surface area contributed by atoms with Crippen LogP contribution in [0.25, 0.3) is 0 Å². The van der Waals surface area contributed by atoms with E-state index in [1.807, 2.05) is 31.2 Å². The van der Waals surface area contributed by atoms with Crippen molar-refractivity contribution in [3.05, 3.63) is 42.5 Å². The number of aromatic nitrogens is 2. The van der Waals surface area contributed by atoms with E-state index in [-0.39, 0.29) is 12.1 Å². The van der Waals surface area contributed by atoms with Crippen LogP contribution >= 0.6 is 0 Å². The van der Waals surface area contributed by atoms with Gasteiger partial charge in [0.05, 0.1) is 19.0 Å². The summed E-state index contributed by atoms with van der Waals surface area (Å²) in [6.45, 7) is 7.46. The minimum absolute atomic E-state index is 0.142. The van der Waals surface area contributed by atoms with E-state index in [9.17, 15) is 4.39 Å². The Morgan fingerprint density at radius 1 is 1.19 bits per heavy atom. The van der Waals surface area contributed by atoms with Gasteiger partial charge in [-0.25, -0.2) is 14.4 Å². The molecule has 144 valence electrons. The average Bonchev–Trinajstić information content (AvgIpc) is 3.07. The maximum atomic E-state index is 13.1. The first-order chi connectivity index (χ1) is 13.1. The van der Waals surface area contributed by atoms with Gasteiger partial charge in [0, 0.05) is 44.2 Å². The second-order valence-corrected chi connectivity index (χ2v) is 7.08. The molecule has 2 saturated heterocycles. The molecule has 4 rings (SSSR count). The minimum atomic E-state index is -0.409. The lowest BCUT2D eigenvalue weighted by Crippen LogP contribution is -2.56. The third-order valence-electron chi connectivity index (χ3n) is 5.37. The van der Waals surface area contributed by atoms with Gasteiger partial charge in [0.2, 0.25) is 5.95 Å². The summed E-state index contributed by atoms with van der Waals surface area (Å²) in [6.07, 6.45) is 3.54. The summed E-state index contributed by atoms with van der Waals surface area (Å²) in [4.78, 5) is 13.0. The van der Waals surface area contributed by atoms with Gasteiger partial charge < -0.3 is 14.4 Å². The first-order valence-electron chi connectivity index (χ1n) is 9.52. The van der Waals surface area contributed by atoms with E-state index in [1.165, 1.54) is 12.4 Å². The quantitative estimate of drug-likeness (QED) is 0.804. The molecule has 2 fully saturated rings. The highest BCUT2D eigenvalue weighted by Gasteiger charge is 2.42. The fourth-order valence-corrected chi connectivity index (χ4v) is 4.11. The molecule has 0 aliphatic carbocycles. The number of benzene rings is 1. The Kier molecular flexibility index (Phi) is 5.11. The molecule has 0 spiro atoms.